The third-order valence-corrected chi connectivity index (χ3v) is 4.85. The van der Waals surface area contributed by atoms with Crippen molar-refractivity contribution in [1.29, 1.82) is 0 Å². The standard InChI is InChI=1S/C13H25N4O4P/c1-3-4-11(16-8(2)18)10-6-5-9(22(19,20)21)7-12(10)17-13(14)15/h5,10-12H,3-4,6-7H2,1-2H3,(H,16,18)(H4,14,15,17)(H2,19,20,21)/t10-,11+,12+/m1/s1. The molecule has 8 nitrogen and oxygen atoms in total. The Hall–Kier alpha value is -1.37. The summed E-state index contributed by atoms with van der Waals surface area (Å²) < 4.78 is 11.4. The minimum absolute atomic E-state index is 0.0526. The smallest absolute Gasteiger partial charge is 0.351 e. The third kappa shape index (κ3) is 5.44. The van der Waals surface area contributed by atoms with Crippen LogP contribution in [0.5, 0.6) is 0 Å². The summed E-state index contributed by atoms with van der Waals surface area (Å²) in [5.41, 5.74) is 10.9. The maximum absolute atomic E-state index is 11.4. The molecule has 0 heterocycles. The van der Waals surface area contributed by atoms with Crippen LogP contribution in [0.3, 0.4) is 0 Å². The topological polar surface area (TPSA) is 151 Å². The lowest BCUT2D eigenvalue weighted by Gasteiger charge is -2.35. The monoisotopic (exact) mass is 332 g/mol. The molecule has 3 atom stereocenters. The molecule has 0 fully saturated rings. The van der Waals surface area contributed by atoms with Crippen molar-refractivity contribution in [1.82, 2.24) is 5.32 Å². The number of guanidine groups is 1. The number of rotatable bonds is 6. The minimum Gasteiger partial charge on any atom is -0.370 e. The fraction of sp³-hybridized carbons (Fsp3) is 0.692. The Labute approximate surface area is 130 Å². The van der Waals surface area contributed by atoms with E-state index in [4.69, 9.17) is 11.5 Å². The zero-order valence-corrected chi connectivity index (χ0v) is 13.8. The Balaban J connectivity index is 3.08. The van der Waals surface area contributed by atoms with Gasteiger partial charge in [-0.25, -0.2) is 4.99 Å². The zero-order chi connectivity index (χ0) is 16.9. The molecule has 0 spiro atoms. The van der Waals surface area contributed by atoms with Gasteiger partial charge in [-0.05, 0) is 12.8 Å². The third-order valence-electron chi connectivity index (χ3n) is 3.73. The summed E-state index contributed by atoms with van der Waals surface area (Å²) in [6, 6.07) is -0.591. The minimum atomic E-state index is -4.30. The highest BCUT2D eigenvalue weighted by molar-refractivity contribution is 7.56. The van der Waals surface area contributed by atoms with Crippen molar-refractivity contribution in [3.8, 4) is 0 Å². The normalized spacial score (nSPS) is 23.4. The van der Waals surface area contributed by atoms with Gasteiger partial charge >= 0.3 is 7.60 Å². The highest BCUT2D eigenvalue weighted by Gasteiger charge is 2.36. The van der Waals surface area contributed by atoms with Gasteiger partial charge in [0.05, 0.1) is 6.04 Å². The molecule has 0 unspecified atom stereocenters. The van der Waals surface area contributed by atoms with Gasteiger partial charge in [-0.1, -0.05) is 19.4 Å². The molecule has 9 heteroatoms. The van der Waals surface area contributed by atoms with Crippen LogP contribution >= 0.6 is 7.60 Å². The lowest BCUT2D eigenvalue weighted by atomic mass is 9.81. The van der Waals surface area contributed by atoms with Crippen molar-refractivity contribution in [3.63, 3.8) is 0 Å². The average Bonchev–Trinajstić information content (AvgIpc) is 2.36. The van der Waals surface area contributed by atoms with Crippen LogP contribution in [-0.4, -0.2) is 33.7 Å². The number of allylic oxidation sites excluding steroid dienone is 1. The lowest BCUT2D eigenvalue weighted by molar-refractivity contribution is -0.120. The summed E-state index contributed by atoms with van der Waals surface area (Å²) in [7, 11) is -4.30. The van der Waals surface area contributed by atoms with Crippen molar-refractivity contribution < 1.29 is 19.1 Å². The number of aliphatic imine (C=N–C) groups is 1. The number of amides is 1. The molecule has 0 bridgehead atoms. The molecular weight excluding hydrogens is 307 g/mol. The predicted octanol–water partition coefficient (Wildman–Crippen LogP) is 0.405. The number of nitrogens with one attached hydrogen (secondary N) is 1. The van der Waals surface area contributed by atoms with Gasteiger partial charge in [-0.3, -0.25) is 9.36 Å². The van der Waals surface area contributed by atoms with E-state index in [1.807, 2.05) is 6.92 Å². The molecule has 0 saturated carbocycles. The maximum Gasteiger partial charge on any atom is 0.351 e. The molecule has 0 aliphatic heterocycles. The van der Waals surface area contributed by atoms with E-state index in [1.165, 1.54) is 6.92 Å². The summed E-state index contributed by atoms with van der Waals surface area (Å²) in [5.74, 6) is -0.368. The second kappa shape index (κ2) is 7.76. The van der Waals surface area contributed by atoms with E-state index in [0.29, 0.717) is 6.42 Å². The van der Waals surface area contributed by atoms with Gasteiger partial charge < -0.3 is 26.6 Å². The fourth-order valence-corrected chi connectivity index (χ4v) is 3.61. The zero-order valence-electron chi connectivity index (χ0n) is 12.9. The van der Waals surface area contributed by atoms with E-state index >= 15 is 0 Å². The second-order valence-electron chi connectivity index (χ2n) is 5.56. The Morgan fingerprint density at radius 1 is 1.55 bits per heavy atom. The number of nitrogens with zero attached hydrogens (tertiary/aromatic N) is 1. The highest BCUT2D eigenvalue weighted by atomic mass is 31.2. The van der Waals surface area contributed by atoms with Crippen molar-refractivity contribution in [2.24, 2.45) is 22.4 Å². The van der Waals surface area contributed by atoms with Gasteiger partial charge in [0.2, 0.25) is 5.91 Å². The fourth-order valence-electron chi connectivity index (χ4n) is 2.85. The van der Waals surface area contributed by atoms with Gasteiger partial charge in [0.1, 0.15) is 0 Å². The Kier molecular flexibility index (Phi) is 6.59. The number of hydrogen-bond donors (Lipinski definition) is 5. The Morgan fingerprint density at radius 3 is 2.64 bits per heavy atom. The maximum atomic E-state index is 11.4. The first-order chi connectivity index (χ1) is 10.1. The van der Waals surface area contributed by atoms with Crippen LogP contribution in [-0.2, 0) is 9.36 Å². The quantitative estimate of drug-likeness (QED) is 0.270. The molecule has 7 N–H and O–H groups in total. The van der Waals surface area contributed by atoms with Crippen molar-refractivity contribution >= 4 is 19.5 Å². The van der Waals surface area contributed by atoms with E-state index in [9.17, 15) is 19.1 Å². The summed E-state index contributed by atoms with van der Waals surface area (Å²) in [6.07, 6.45) is 3.67. The van der Waals surface area contributed by atoms with Crippen molar-refractivity contribution in [2.75, 3.05) is 0 Å². The molecule has 0 aromatic heterocycles. The van der Waals surface area contributed by atoms with E-state index < -0.39 is 13.6 Å². The van der Waals surface area contributed by atoms with E-state index in [2.05, 4.69) is 10.3 Å². The second-order valence-corrected chi connectivity index (χ2v) is 7.22. The summed E-state index contributed by atoms with van der Waals surface area (Å²) >= 11 is 0. The molecule has 0 aromatic rings. The first-order valence-electron chi connectivity index (χ1n) is 7.26. The van der Waals surface area contributed by atoms with Crippen LogP contribution < -0.4 is 16.8 Å². The summed E-state index contributed by atoms with van der Waals surface area (Å²) in [5, 5.41) is 2.95. The van der Waals surface area contributed by atoms with Crippen LogP contribution in [0.25, 0.3) is 0 Å². The van der Waals surface area contributed by atoms with E-state index in [-0.39, 0.29) is 35.6 Å². The van der Waals surface area contributed by atoms with Crippen LogP contribution in [0, 0.1) is 5.92 Å². The molecule has 0 radical (unpaired) electrons. The molecule has 1 amide bonds. The largest absolute Gasteiger partial charge is 0.370 e. The molecule has 1 aliphatic carbocycles. The number of nitrogens with two attached hydrogens (primary N) is 2. The molecule has 22 heavy (non-hydrogen) atoms. The van der Waals surface area contributed by atoms with Crippen LogP contribution in [0.1, 0.15) is 39.5 Å². The van der Waals surface area contributed by atoms with Gasteiger partial charge in [0, 0.05) is 30.6 Å². The first-order valence-corrected chi connectivity index (χ1v) is 8.87. The number of carbonyl (C=O) groups is 1. The van der Waals surface area contributed by atoms with Gasteiger partial charge in [-0.15, -0.1) is 0 Å². The molecule has 0 saturated heterocycles. The SMILES string of the molecule is CCC[C@H](NC(C)=O)[C@H]1CC=C(P(=O)(O)O)C[C@@H]1N=C(N)N. The highest BCUT2D eigenvalue weighted by Crippen LogP contribution is 2.50. The van der Waals surface area contributed by atoms with Crippen LogP contribution in [0.2, 0.25) is 0 Å². The van der Waals surface area contributed by atoms with E-state index in [0.717, 1.165) is 12.8 Å². The lowest BCUT2D eigenvalue weighted by Crippen LogP contribution is -2.45. The molecule has 1 aliphatic rings. The van der Waals surface area contributed by atoms with Crippen LogP contribution in [0.4, 0.5) is 0 Å². The van der Waals surface area contributed by atoms with Gasteiger partial charge in [0.15, 0.2) is 5.96 Å². The Morgan fingerprint density at radius 2 is 2.18 bits per heavy atom. The summed E-state index contributed by atoms with van der Waals surface area (Å²) in [6.45, 7) is 3.45. The molecule has 0 aromatic carbocycles. The van der Waals surface area contributed by atoms with E-state index in [1.54, 1.807) is 6.08 Å². The Bertz CT molecular complexity index is 510. The van der Waals surface area contributed by atoms with Crippen LogP contribution in [0.15, 0.2) is 16.4 Å². The predicted molar refractivity (Wildman–Crippen MR) is 85.0 cm³/mol. The van der Waals surface area contributed by atoms with Crippen molar-refractivity contribution in [2.45, 2.75) is 51.6 Å². The summed E-state index contributed by atoms with van der Waals surface area (Å²) in [4.78, 5) is 34.2. The number of hydrogen-bond acceptors (Lipinski definition) is 3. The van der Waals surface area contributed by atoms with Crippen molar-refractivity contribution in [3.05, 3.63) is 11.4 Å². The average molecular weight is 332 g/mol. The molecular formula is C13H25N4O4P. The van der Waals surface area contributed by atoms with Gasteiger partial charge in [-0.2, -0.15) is 0 Å². The molecule has 1 rings (SSSR count). The first kappa shape index (κ1) is 18.7. The van der Waals surface area contributed by atoms with Gasteiger partial charge in [0.25, 0.3) is 0 Å². The number of carbonyl (C=O) groups excluding carboxylic acids is 1. The molecule has 126 valence electrons.